The second-order valence-corrected chi connectivity index (χ2v) is 5.37. The number of para-hydroxylation sites is 1. The average Bonchev–Trinajstić information content (AvgIpc) is 3.05. The Morgan fingerprint density at radius 3 is 3.05 bits per heavy atom. The Morgan fingerprint density at radius 1 is 1.45 bits per heavy atom. The van der Waals surface area contributed by atoms with Crippen molar-refractivity contribution >= 4 is 26.9 Å². The zero-order valence-electron chi connectivity index (χ0n) is 11.0. The van der Waals surface area contributed by atoms with Gasteiger partial charge in [-0.15, -0.1) is 0 Å². The number of aromatic nitrogens is 3. The lowest BCUT2D eigenvalue weighted by atomic mass is 10.1. The van der Waals surface area contributed by atoms with Crippen LogP contribution in [-0.2, 0) is 13.0 Å². The summed E-state index contributed by atoms with van der Waals surface area (Å²) in [5.41, 5.74) is 0.749. The predicted octanol–water partition coefficient (Wildman–Crippen LogP) is 3.08. The normalized spacial score (nSPS) is 12.9. The number of aliphatic hydroxyl groups is 1. The van der Waals surface area contributed by atoms with Gasteiger partial charge in [0.2, 0.25) is 0 Å². The summed E-state index contributed by atoms with van der Waals surface area (Å²) < 4.78 is 8.37. The maximum absolute atomic E-state index is 10.3. The minimum atomic E-state index is -0.733. The largest absolute Gasteiger partial charge is 0.457 e. The molecule has 0 saturated carbocycles. The van der Waals surface area contributed by atoms with Crippen LogP contribution < -0.4 is 0 Å². The van der Waals surface area contributed by atoms with E-state index >= 15 is 0 Å². The molecule has 1 atom stereocenters. The lowest BCUT2D eigenvalue weighted by Crippen LogP contribution is -2.09. The van der Waals surface area contributed by atoms with Crippen LogP contribution in [-0.4, -0.2) is 19.9 Å². The summed E-state index contributed by atoms with van der Waals surface area (Å²) in [6, 6.07) is 7.66. The van der Waals surface area contributed by atoms with Crippen LogP contribution in [0.2, 0.25) is 0 Å². The summed E-state index contributed by atoms with van der Waals surface area (Å²) >= 11 is 3.44. The molecule has 3 aromatic rings. The molecule has 104 valence electrons. The van der Waals surface area contributed by atoms with Gasteiger partial charge in [-0.1, -0.05) is 12.1 Å². The summed E-state index contributed by atoms with van der Waals surface area (Å²) in [5, 5.41) is 15.4. The second kappa shape index (κ2) is 5.38. The Morgan fingerprint density at radius 2 is 2.30 bits per heavy atom. The number of fused-ring (bicyclic) bond motifs is 1. The van der Waals surface area contributed by atoms with E-state index in [-0.39, 0.29) is 0 Å². The summed E-state index contributed by atoms with van der Waals surface area (Å²) in [6.07, 6.45) is 1.15. The Hall–Kier alpha value is -1.66. The maximum Gasteiger partial charge on any atom is 0.148 e. The van der Waals surface area contributed by atoms with Gasteiger partial charge in [-0.25, -0.2) is 4.98 Å². The van der Waals surface area contributed by atoms with Crippen molar-refractivity contribution in [1.82, 2.24) is 14.8 Å². The fraction of sp³-hybridized carbons (Fsp3) is 0.286. The van der Waals surface area contributed by atoms with Crippen molar-refractivity contribution in [2.45, 2.75) is 26.0 Å². The van der Waals surface area contributed by atoms with Crippen molar-refractivity contribution in [3.8, 4) is 0 Å². The van der Waals surface area contributed by atoms with Gasteiger partial charge in [0.1, 0.15) is 29.6 Å². The van der Waals surface area contributed by atoms with Gasteiger partial charge in [-0.05, 0) is 35.0 Å². The summed E-state index contributed by atoms with van der Waals surface area (Å²) in [4.78, 5) is 4.16. The lowest BCUT2D eigenvalue weighted by Gasteiger charge is -2.07. The highest BCUT2D eigenvalue weighted by Gasteiger charge is 2.17. The van der Waals surface area contributed by atoms with Crippen molar-refractivity contribution in [2.75, 3.05) is 0 Å². The Balaban J connectivity index is 1.89. The minimum absolute atomic E-state index is 0.380. The standard InChI is InChI=1S/C14H14BrN3O2/c1-2-18-13(16-8-17-18)7-11(19)12-6-9-4-3-5-10(15)14(9)20-12/h3-6,8,11,19H,2,7H2,1H3. The van der Waals surface area contributed by atoms with Crippen molar-refractivity contribution in [3.63, 3.8) is 0 Å². The van der Waals surface area contributed by atoms with E-state index in [4.69, 9.17) is 4.42 Å². The first-order valence-corrected chi connectivity index (χ1v) is 7.21. The van der Waals surface area contributed by atoms with Crippen LogP contribution in [0.5, 0.6) is 0 Å². The molecule has 0 aliphatic rings. The summed E-state index contributed by atoms with van der Waals surface area (Å²) in [5.74, 6) is 1.29. The molecule has 20 heavy (non-hydrogen) atoms. The highest BCUT2D eigenvalue weighted by Crippen LogP contribution is 2.30. The number of furan rings is 1. The number of hydrogen-bond donors (Lipinski definition) is 1. The van der Waals surface area contributed by atoms with E-state index in [0.717, 1.165) is 27.8 Å². The highest BCUT2D eigenvalue weighted by atomic mass is 79.9. The molecule has 1 N–H and O–H groups in total. The molecule has 2 aromatic heterocycles. The molecule has 2 heterocycles. The van der Waals surface area contributed by atoms with Gasteiger partial charge in [0, 0.05) is 18.4 Å². The fourth-order valence-corrected chi connectivity index (χ4v) is 2.66. The summed E-state index contributed by atoms with van der Waals surface area (Å²) in [6.45, 7) is 2.72. The van der Waals surface area contributed by atoms with Crippen molar-refractivity contribution in [3.05, 3.63) is 46.7 Å². The third-order valence-corrected chi connectivity index (χ3v) is 3.84. The number of nitrogens with zero attached hydrogens (tertiary/aromatic N) is 3. The smallest absolute Gasteiger partial charge is 0.148 e. The van der Waals surface area contributed by atoms with E-state index in [1.807, 2.05) is 31.2 Å². The van der Waals surface area contributed by atoms with Crippen LogP contribution in [0.15, 0.2) is 39.5 Å². The van der Waals surface area contributed by atoms with Crippen LogP contribution in [0.4, 0.5) is 0 Å². The SMILES string of the molecule is CCn1ncnc1CC(O)c1cc2cccc(Br)c2o1. The predicted molar refractivity (Wildman–Crippen MR) is 78.3 cm³/mol. The number of hydrogen-bond acceptors (Lipinski definition) is 4. The third kappa shape index (κ3) is 2.36. The van der Waals surface area contributed by atoms with Gasteiger partial charge >= 0.3 is 0 Å². The molecule has 5 nitrogen and oxygen atoms in total. The molecule has 3 rings (SSSR count). The number of aryl methyl sites for hydroxylation is 1. The average molecular weight is 336 g/mol. The van der Waals surface area contributed by atoms with Crippen LogP contribution in [0.1, 0.15) is 24.6 Å². The van der Waals surface area contributed by atoms with Gasteiger partial charge in [-0.3, -0.25) is 4.68 Å². The van der Waals surface area contributed by atoms with Crippen molar-refractivity contribution in [1.29, 1.82) is 0 Å². The number of rotatable bonds is 4. The van der Waals surface area contributed by atoms with Gasteiger partial charge in [0.15, 0.2) is 0 Å². The van der Waals surface area contributed by atoms with E-state index in [1.165, 1.54) is 6.33 Å². The molecule has 0 amide bonds. The highest BCUT2D eigenvalue weighted by molar-refractivity contribution is 9.10. The Labute approximate surface area is 124 Å². The monoisotopic (exact) mass is 335 g/mol. The van der Waals surface area contributed by atoms with Crippen LogP contribution in [0.3, 0.4) is 0 Å². The molecule has 0 aliphatic carbocycles. The van der Waals surface area contributed by atoms with Crippen LogP contribution >= 0.6 is 15.9 Å². The molecular formula is C14H14BrN3O2. The number of aliphatic hydroxyl groups excluding tert-OH is 1. The van der Waals surface area contributed by atoms with Gasteiger partial charge in [0.05, 0.1) is 4.47 Å². The number of halogens is 1. The maximum atomic E-state index is 10.3. The minimum Gasteiger partial charge on any atom is -0.457 e. The second-order valence-electron chi connectivity index (χ2n) is 4.52. The van der Waals surface area contributed by atoms with Crippen molar-refractivity contribution < 1.29 is 9.52 Å². The van der Waals surface area contributed by atoms with Gasteiger partial charge in [-0.2, -0.15) is 5.10 Å². The van der Waals surface area contributed by atoms with Gasteiger partial charge < -0.3 is 9.52 Å². The topological polar surface area (TPSA) is 64.1 Å². The fourth-order valence-electron chi connectivity index (χ4n) is 2.20. The molecule has 0 bridgehead atoms. The molecule has 1 aromatic carbocycles. The van der Waals surface area contributed by atoms with E-state index in [2.05, 4.69) is 26.0 Å². The molecule has 0 saturated heterocycles. The molecule has 0 fully saturated rings. The van der Waals surface area contributed by atoms with Crippen LogP contribution in [0.25, 0.3) is 11.0 Å². The van der Waals surface area contributed by atoms with Crippen molar-refractivity contribution in [2.24, 2.45) is 0 Å². The first-order chi connectivity index (χ1) is 9.69. The Bertz CT molecular complexity index is 735. The van der Waals surface area contributed by atoms with Crippen LogP contribution in [0, 0.1) is 0 Å². The zero-order valence-corrected chi connectivity index (χ0v) is 12.5. The van der Waals surface area contributed by atoms with E-state index in [0.29, 0.717) is 12.2 Å². The molecule has 0 spiro atoms. The van der Waals surface area contributed by atoms with E-state index in [9.17, 15) is 5.11 Å². The molecule has 1 unspecified atom stereocenters. The Kier molecular flexibility index (Phi) is 3.58. The number of benzene rings is 1. The zero-order chi connectivity index (χ0) is 14.1. The molecule has 0 aliphatic heterocycles. The molecule has 6 heteroatoms. The van der Waals surface area contributed by atoms with Gasteiger partial charge in [0.25, 0.3) is 0 Å². The quantitative estimate of drug-likeness (QED) is 0.795. The first kappa shape index (κ1) is 13.3. The lowest BCUT2D eigenvalue weighted by molar-refractivity contribution is 0.148. The van der Waals surface area contributed by atoms with E-state index < -0.39 is 6.10 Å². The molecule has 0 radical (unpaired) electrons. The van der Waals surface area contributed by atoms with E-state index in [1.54, 1.807) is 4.68 Å². The molecular weight excluding hydrogens is 322 g/mol. The third-order valence-electron chi connectivity index (χ3n) is 3.21. The first-order valence-electron chi connectivity index (χ1n) is 6.41. The summed E-state index contributed by atoms with van der Waals surface area (Å²) in [7, 11) is 0.